The van der Waals surface area contributed by atoms with Gasteiger partial charge in [-0.25, -0.2) is 0 Å². The van der Waals surface area contributed by atoms with Crippen LogP contribution in [0.1, 0.15) is 66.7 Å². The molecule has 0 aliphatic carbocycles. The first-order chi connectivity index (χ1) is 7.99. The summed E-state index contributed by atoms with van der Waals surface area (Å²) in [6.45, 7) is 10.0. The SMILES string of the molecule is CCC(CC)(CC)NC(=O)C(C#N)(CC)CC. The monoisotopic (exact) mass is 238 g/mol. The summed E-state index contributed by atoms with van der Waals surface area (Å²) < 4.78 is 0. The predicted octanol–water partition coefficient (Wildman–Crippen LogP) is 3.40. The van der Waals surface area contributed by atoms with Crippen molar-refractivity contribution in [1.29, 1.82) is 5.26 Å². The highest BCUT2D eigenvalue weighted by molar-refractivity contribution is 5.85. The molecule has 0 atom stereocenters. The average molecular weight is 238 g/mol. The number of nitriles is 1. The average Bonchev–Trinajstić information content (AvgIpc) is 2.39. The third kappa shape index (κ3) is 3.21. The molecule has 0 aliphatic rings. The van der Waals surface area contributed by atoms with E-state index in [0.717, 1.165) is 19.3 Å². The second-order valence-electron chi connectivity index (χ2n) is 4.70. The Morgan fingerprint density at radius 2 is 1.41 bits per heavy atom. The van der Waals surface area contributed by atoms with Gasteiger partial charge in [0, 0.05) is 5.54 Å². The van der Waals surface area contributed by atoms with E-state index in [9.17, 15) is 10.1 Å². The number of hydrogen-bond acceptors (Lipinski definition) is 2. The second-order valence-corrected chi connectivity index (χ2v) is 4.70. The van der Waals surface area contributed by atoms with E-state index in [-0.39, 0.29) is 11.4 Å². The smallest absolute Gasteiger partial charge is 0.240 e. The van der Waals surface area contributed by atoms with Crippen molar-refractivity contribution >= 4 is 5.91 Å². The highest BCUT2D eigenvalue weighted by atomic mass is 16.2. The van der Waals surface area contributed by atoms with Crippen molar-refractivity contribution in [2.24, 2.45) is 5.41 Å². The van der Waals surface area contributed by atoms with Crippen molar-refractivity contribution in [3.05, 3.63) is 0 Å². The number of amides is 1. The fourth-order valence-corrected chi connectivity index (χ4v) is 2.16. The minimum absolute atomic E-state index is 0.101. The maximum absolute atomic E-state index is 12.3. The lowest BCUT2D eigenvalue weighted by Gasteiger charge is -2.35. The van der Waals surface area contributed by atoms with Gasteiger partial charge in [-0.15, -0.1) is 0 Å². The van der Waals surface area contributed by atoms with E-state index < -0.39 is 5.41 Å². The van der Waals surface area contributed by atoms with Crippen LogP contribution >= 0.6 is 0 Å². The Kier molecular flexibility index (Phi) is 6.23. The van der Waals surface area contributed by atoms with Crippen LogP contribution in [0.3, 0.4) is 0 Å². The molecule has 0 spiro atoms. The van der Waals surface area contributed by atoms with Crippen molar-refractivity contribution in [1.82, 2.24) is 5.32 Å². The summed E-state index contributed by atoms with van der Waals surface area (Å²) in [5, 5.41) is 12.4. The molecule has 17 heavy (non-hydrogen) atoms. The fraction of sp³-hybridized carbons (Fsp3) is 0.857. The van der Waals surface area contributed by atoms with Crippen LogP contribution in [0.4, 0.5) is 0 Å². The van der Waals surface area contributed by atoms with Gasteiger partial charge in [0.15, 0.2) is 0 Å². The topological polar surface area (TPSA) is 52.9 Å². The van der Waals surface area contributed by atoms with Crippen LogP contribution in [-0.2, 0) is 4.79 Å². The number of rotatable bonds is 7. The summed E-state index contributed by atoms with van der Waals surface area (Å²) in [5.41, 5.74) is -1.01. The molecule has 0 rings (SSSR count). The molecule has 0 aliphatic heterocycles. The lowest BCUT2D eigenvalue weighted by Crippen LogP contribution is -2.52. The van der Waals surface area contributed by atoms with E-state index in [1.54, 1.807) is 0 Å². The zero-order valence-corrected chi connectivity index (χ0v) is 11.9. The molecule has 0 bridgehead atoms. The first-order valence-electron chi connectivity index (χ1n) is 6.73. The highest BCUT2D eigenvalue weighted by Crippen LogP contribution is 2.28. The Morgan fingerprint density at radius 3 is 1.65 bits per heavy atom. The van der Waals surface area contributed by atoms with Crippen molar-refractivity contribution in [2.45, 2.75) is 72.3 Å². The third-order valence-corrected chi connectivity index (χ3v) is 4.26. The molecule has 0 saturated heterocycles. The van der Waals surface area contributed by atoms with Crippen molar-refractivity contribution in [3.63, 3.8) is 0 Å². The summed E-state index contributed by atoms with van der Waals surface area (Å²) in [7, 11) is 0. The summed E-state index contributed by atoms with van der Waals surface area (Å²) >= 11 is 0. The summed E-state index contributed by atoms with van der Waals surface area (Å²) in [6, 6.07) is 2.20. The van der Waals surface area contributed by atoms with Gasteiger partial charge in [-0.2, -0.15) is 5.26 Å². The minimum atomic E-state index is -0.856. The quantitative estimate of drug-likeness (QED) is 0.739. The third-order valence-electron chi connectivity index (χ3n) is 4.26. The maximum Gasteiger partial charge on any atom is 0.240 e. The number of carbonyl (C=O) groups is 1. The summed E-state index contributed by atoms with van der Waals surface area (Å²) in [6.07, 6.45) is 3.85. The van der Waals surface area contributed by atoms with E-state index in [4.69, 9.17) is 0 Å². The molecule has 3 heteroatoms. The van der Waals surface area contributed by atoms with E-state index >= 15 is 0 Å². The van der Waals surface area contributed by atoms with Crippen LogP contribution in [0.2, 0.25) is 0 Å². The zero-order valence-electron chi connectivity index (χ0n) is 11.9. The van der Waals surface area contributed by atoms with Gasteiger partial charge in [-0.05, 0) is 32.1 Å². The fourth-order valence-electron chi connectivity index (χ4n) is 2.16. The van der Waals surface area contributed by atoms with E-state index in [2.05, 4.69) is 32.2 Å². The van der Waals surface area contributed by atoms with Gasteiger partial charge in [0.2, 0.25) is 5.91 Å². The molecular formula is C14H26N2O. The molecule has 0 saturated carbocycles. The normalized spacial score (nSPS) is 12.0. The number of hydrogen-bond donors (Lipinski definition) is 1. The predicted molar refractivity (Wildman–Crippen MR) is 70.4 cm³/mol. The van der Waals surface area contributed by atoms with E-state index in [1.807, 2.05) is 13.8 Å². The van der Waals surface area contributed by atoms with Gasteiger partial charge in [0.25, 0.3) is 0 Å². The standard InChI is InChI=1S/C14H26N2O/c1-6-13(7-2,11-15)12(17)16-14(8-3,9-4)10-5/h6-10H2,1-5H3,(H,16,17). The van der Waals surface area contributed by atoms with Crippen LogP contribution in [0, 0.1) is 16.7 Å². The molecule has 0 heterocycles. The Balaban J connectivity index is 5.01. The maximum atomic E-state index is 12.3. The number of nitrogens with one attached hydrogen (secondary N) is 1. The van der Waals surface area contributed by atoms with Crippen LogP contribution in [0.5, 0.6) is 0 Å². The van der Waals surface area contributed by atoms with E-state index in [0.29, 0.717) is 12.8 Å². The molecular weight excluding hydrogens is 212 g/mol. The van der Waals surface area contributed by atoms with Crippen LogP contribution in [-0.4, -0.2) is 11.4 Å². The van der Waals surface area contributed by atoms with Gasteiger partial charge in [0.05, 0.1) is 6.07 Å². The number of carbonyl (C=O) groups excluding carboxylic acids is 1. The van der Waals surface area contributed by atoms with Crippen LogP contribution < -0.4 is 5.32 Å². The highest BCUT2D eigenvalue weighted by Gasteiger charge is 2.38. The molecule has 3 nitrogen and oxygen atoms in total. The van der Waals surface area contributed by atoms with Crippen molar-refractivity contribution in [2.75, 3.05) is 0 Å². The molecule has 0 aromatic carbocycles. The van der Waals surface area contributed by atoms with Crippen LogP contribution in [0.15, 0.2) is 0 Å². The lowest BCUT2D eigenvalue weighted by atomic mass is 9.80. The molecule has 0 aromatic heterocycles. The Labute approximate surface area is 106 Å². The molecule has 0 aromatic rings. The van der Waals surface area contributed by atoms with Gasteiger partial charge >= 0.3 is 0 Å². The molecule has 1 N–H and O–H groups in total. The Bertz CT molecular complexity index is 275. The van der Waals surface area contributed by atoms with Gasteiger partial charge in [-0.3, -0.25) is 4.79 Å². The lowest BCUT2D eigenvalue weighted by molar-refractivity contribution is -0.130. The molecule has 1 amide bonds. The first-order valence-corrected chi connectivity index (χ1v) is 6.73. The Hall–Kier alpha value is -1.04. The van der Waals surface area contributed by atoms with Crippen LogP contribution in [0.25, 0.3) is 0 Å². The zero-order chi connectivity index (χ0) is 13.5. The van der Waals surface area contributed by atoms with Crippen molar-refractivity contribution in [3.8, 4) is 6.07 Å². The van der Waals surface area contributed by atoms with Gasteiger partial charge < -0.3 is 5.32 Å². The first kappa shape index (κ1) is 16.0. The number of nitrogens with zero attached hydrogens (tertiary/aromatic N) is 1. The molecule has 0 fully saturated rings. The largest absolute Gasteiger partial charge is 0.349 e. The Morgan fingerprint density at radius 1 is 1.00 bits per heavy atom. The van der Waals surface area contributed by atoms with E-state index in [1.165, 1.54) is 0 Å². The molecule has 0 radical (unpaired) electrons. The molecule has 98 valence electrons. The van der Waals surface area contributed by atoms with Crippen molar-refractivity contribution < 1.29 is 4.79 Å². The van der Waals surface area contributed by atoms with Gasteiger partial charge in [0.1, 0.15) is 5.41 Å². The molecule has 0 unspecified atom stereocenters. The summed E-state index contributed by atoms with van der Waals surface area (Å²) in [4.78, 5) is 12.3. The second kappa shape index (κ2) is 6.64. The minimum Gasteiger partial charge on any atom is -0.349 e. The van der Waals surface area contributed by atoms with Gasteiger partial charge in [-0.1, -0.05) is 34.6 Å². The summed E-state index contributed by atoms with van der Waals surface area (Å²) in [5.74, 6) is -0.101.